The lowest BCUT2D eigenvalue weighted by Gasteiger charge is -2.29. The lowest BCUT2D eigenvalue weighted by atomic mass is 9.95. The van der Waals surface area contributed by atoms with Gasteiger partial charge in [-0.15, -0.1) is 0 Å². The Labute approximate surface area is 161 Å². The van der Waals surface area contributed by atoms with Crippen molar-refractivity contribution in [2.75, 3.05) is 13.7 Å². The zero-order valence-electron chi connectivity index (χ0n) is 15.9. The first-order valence-electron chi connectivity index (χ1n) is 8.72. The van der Waals surface area contributed by atoms with Gasteiger partial charge in [-0.05, 0) is 43.3 Å². The van der Waals surface area contributed by atoms with Crippen LogP contribution in [-0.2, 0) is 17.4 Å². The van der Waals surface area contributed by atoms with E-state index in [1.54, 1.807) is 50.4 Å². The molecule has 0 aliphatic rings. The number of rotatable bonds is 6. The number of benzene rings is 2. The highest BCUT2D eigenvalue weighted by atomic mass is 19.1. The second-order valence-corrected chi connectivity index (χ2v) is 6.64. The van der Waals surface area contributed by atoms with Gasteiger partial charge in [-0.1, -0.05) is 18.2 Å². The predicted octanol–water partition coefficient (Wildman–Crippen LogP) is 3.66. The summed E-state index contributed by atoms with van der Waals surface area (Å²) in [6.07, 6.45) is 0. The second kappa shape index (κ2) is 7.90. The van der Waals surface area contributed by atoms with Gasteiger partial charge in [0, 0.05) is 25.3 Å². The number of aromatic nitrogens is 2. The summed E-state index contributed by atoms with van der Waals surface area (Å²) in [6, 6.07) is 13.8. The number of aryl methyl sites for hydroxylation is 1. The molecule has 1 heterocycles. The van der Waals surface area contributed by atoms with Crippen molar-refractivity contribution in [1.29, 1.82) is 0 Å². The van der Waals surface area contributed by atoms with Crippen LogP contribution in [0.5, 0.6) is 0 Å². The number of carbonyl (C=O) groups excluding carboxylic acids is 1. The van der Waals surface area contributed by atoms with Crippen molar-refractivity contribution in [3.63, 3.8) is 0 Å². The normalized spacial score (nSPS) is 13.2. The third-order valence-corrected chi connectivity index (χ3v) is 4.73. The summed E-state index contributed by atoms with van der Waals surface area (Å²) in [5.41, 5.74) is 0.904. The molecule has 7 heteroatoms. The molecule has 1 unspecified atom stereocenters. The van der Waals surface area contributed by atoms with Crippen molar-refractivity contribution in [3.05, 3.63) is 77.5 Å². The summed E-state index contributed by atoms with van der Waals surface area (Å²) in [5, 5.41) is 7.09. The summed E-state index contributed by atoms with van der Waals surface area (Å²) < 4.78 is 34.2. The first kappa shape index (κ1) is 19.7. The maximum Gasteiger partial charge on any atom is 0.269 e. The van der Waals surface area contributed by atoms with Gasteiger partial charge in [0.15, 0.2) is 0 Å². The third kappa shape index (κ3) is 3.94. The van der Waals surface area contributed by atoms with Crippen molar-refractivity contribution >= 4 is 5.91 Å². The highest BCUT2D eigenvalue weighted by molar-refractivity contribution is 5.93. The average Bonchev–Trinajstić information content (AvgIpc) is 3.08. The van der Waals surface area contributed by atoms with E-state index in [2.05, 4.69) is 10.4 Å². The number of amides is 1. The van der Waals surface area contributed by atoms with E-state index in [1.807, 2.05) is 0 Å². The fraction of sp³-hybridized carbons (Fsp3) is 0.238. The molecule has 2 aromatic carbocycles. The average molecular weight is 385 g/mol. The van der Waals surface area contributed by atoms with Crippen LogP contribution < -0.4 is 5.32 Å². The molecule has 146 valence electrons. The smallest absolute Gasteiger partial charge is 0.269 e. The Balaban J connectivity index is 1.78. The molecule has 0 saturated carbocycles. The number of nitrogens with zero attached hydrogens (tertiary/aromatic N) is 2. The minimum atomic E-state index is -1.03. The Morgan fingerprint density at radius 1 is 1.18 bits per heavy atom. The second-order valence-electron chi connectivity index (χ2n) is 6.64. The predicted molar refractivity (Wildman–Crippen MR) is 102 cm³/mol. The number of hydrogen-bond acceptors (Lipinski definition) is 3. The molecule has 0 aliphatic heterocycles. The highest BCUT2D eigenvalue weighted by Crippen LogP contribution is 2.26. The molecule has 0 bridgehead atoms. The van der Waals surface area contributed by atoms with Crippen LogP contribution in [0.15, 0.2) is 54.6 Å². The van der Waals surface area contributed by atoms with Gasteiger partial charge in [0.05, 0.1) is 12.2 Å². The van der Waals surface area contributed by atoms with Gasteiger partial charge in [-0.25, -0.2) is 8.78 Å². The Morgan fingerprint density at radius 3 is 2.50 bits per heavy atom. The maximum absolute atomic E-state index is 14.2. The Kier molecular flexibility index (Phi) is 5.56. The van der Waals surface area contributed by atoms with Gasteiger partial charge < -0.3 is 10.1 Å². The van der Waals surface area contributed by atoms with E-state index in [1.165, 1.54) is 30.0 Å². The fourth-order valence-corrected chi connectivity index (χ4v) is 2.95. The van der Waals surface area contributed by atoms with Crippen LogP contribution in [-0.4, -0.2) is 29.3 Å². The largest absolute Gasteiger partial charge is 0.372 e. The molecular weight excluding hydrogens is 364 g/mol. The number of nitrogens with one attached hydrogen (secondary N) is 1. The minimum Gasteiger partial charge on any atom is -0.372 e. The third-order valence-electron chi connectivity index (χ3n) is 4.73. The van der Waals surface area contributed by atoms with Crippen LogP contribution in [0.25, 0.3) is 11.3 Å². The molecule has 3 aromatic rings. The number of ether oxygens (including phenoxy) is 1. The minimum absolute atomic E-state index is 0.0698. The van der Waals surface area contributed by atoms with E-state index in [9.17, 15) is 13.6 Å². The van der Waals surface area contributed by atoms with E-state index in [0.717, 1.165) is 0 Å². The molecule has 3 rings (SSSR count). The van der Waals surface area contributed by atoms with Crippen LogP contribution in [0, 0.1) is 11.6 Å². The first-order valence-corrected chi connectivity index (χ1v) is 8.72. The maximum atomic E-state index is 14.2. The topological polar surface area (TPSA) is 56.1 Å². The van der Waals surface area contributed by atoms with Crippen LogP contribution in [0.1, 0.15) is 23.0 Å². The zero-order valence-corrected chi connectivity index (χ0v) is 15.9. The number of methoxy groups -OCH3 is 1. The van der Waals surface area contributed by atoms with E-state index in [4.69, 9.17) is 4.74 Å². The van der Waals surface area contributed by atoms with Crippen LogP contribution in [0.4, 0.5) is 8.78 Å². The summed E-state index contributed by atoms with van der Waals surface area (Å²) >= 11 is 0. The molecule has 0 fully saturated rings. The highest BCUT2D eigenvalue weighted by Gasteiger charge is 2.30. The molecule has 0 spiro atoms. The summed E-state index contributed by atoms with van der Waals surface area (Å²) in [5.74, 6) is -1.12. The summed E-state index contributed by atoms with van der Waals surface area (Å²) in [4.78, 5) is 12.7. The molecular formula is C21H21F2N3O2. The monoisotopic (exact) mass is 385 g/mol. The quantitative estimate of drug-likeness (QED) is 0.705. The zero-order chi connectivity index (χ0) is 20.3. The van der Waals surface area contributed by atoms with Crippen molar-refractivity contribution < 1.29 is 18.3 Å². The molecule has 28 heavy (non-hydrogen) atoms. The van der Waals surface area contributed by atoms with E-state index in [-0.39, 0.29) is 18.3 Å². The van der Waals surface area contributed by atoms with Gasteiger partial charge in [0.25, 0.3) is 5.91 Å². The lowest BCUT2D eigenvalue weighted by Crippen LogP contribution is -2.41. The SMILES string of the molecule is COC(C)(CNC(=O)c1cc(-c2ccc(F)cc2)nn1C)c1ccccc1F. The molecule has 0 radical (unpaired) electrons. The Morgan fingerprint density at radius 2 is 1.86 bits per heavy atom. The van der Waals surface area contributed by atoms with Gasteiger partial charge >= 0.3 is 0 Å². The van der Waals surface area contributed by atoms with Crippen molar-refractivity contribution in [3.8, 4) is 11.3 Å². The van der Waals surface area contributed by atoms with E-state index >= 15 is 0 Å². The van der Waals surface area contributed by atoms with Crippen LogP contribution in [0.3, 0.4) is 0 Å². The van der Waals surface area contributed by atoms with Gasteiger partial charge in [-0.2, -0.15) is 5.10 Å². The van der Waals surface area contributed by atoms with Gasteiger partial charge in [0.2, 0.25) is 0 Å². The van der Waals surface area contributed by atoms with E-state index in [0.29, 0.717) is 22.5 Å². The van der Waals surface area contributed by atoms with E-state index < -0.39 is 11.4 Å². The van der Waals surface area contributed by atoms with Crippen molar-refractivity contribution in [2.45, 2.75) is 12.5 Å². The number of halogens is 2. The van der Waals surface area contributed by atoms with Crippen molar-refractivity contribution in [2.24, 2.45) is 7.05 Å². The Hall–Kier alpha value is -3.06. The first-order chi connectivity index (χ1) is 13.3. The summed E-state index contributed by atoms with van der Waals surface area (Å²) in [6.45, 7) is 1.78. The lowest BCUT2D eigenvalue weighted by molar-refractivity contribution is 0.000312. The molecule has 1 N–H and O–H groups in total. The molecule has 0 aliphatic carbocycles. The Bertz CT molecular complexity index is 986. The molecule has 1 amide bonds. The number of hydrogen-bond donors (Lipinski definition) is 1. The molecule has 1 aromatic heterocycles. The summed E-state index contributed by atoms with van der Waals surface area (Å²) in [7, 11) is 3.11. The fourth-order valence-electron chi connectivity index (χ4n) is 2.95. The van der Waals surface area contributed by atoms with Crippen LogP contribution >= 0.6 is 0 Å². The van der Waals surface area contributed by atoms with Crippen LogP contribution in [0.2, 0.25) is 0 Å². The molecule has 0 saturated heterocycles. The molecule has 5 nitrogen and oxygen atoms in total. The van der Waals surface area contributed by atoms with Gasteiger partial charge in [-0.3, -0.25) is 9.48 Å². The standard InChI is InChI=1S/C21H21F2N3O2/c1-21(28-3,16-6-4-5-7-17(16)23)13-24-20(27)19-12-18(25-26(19)2)14-8-10-15(22)11-9-14/h4-12H,13H2,1-3H3,(H,24,27). The molecule has 1 atom stereocenters. The van der Waals surface area contributed by atoms with Crippen molar-refractivity contribution in [1.82, 2.24) is 15.1 Å². The number of carbonyl (C=O) groups is 1. The van der Waals surface area contributed by atoms with Gasteiger partial charge in [0.1, 0.15) is 22.9 Å².